The number of amides is 1. The Labute approximate surface area is 103 Å². The molecule has 1 aliphatic rings. The van der Waals surface area contributed by atoms with Gasteiger partial charge in [-0.05, 0) is 18.8 Å². The molecule has 2 N–H and O–H groups in total. The summed E-state index contributed by atoms with van der Waals surface area (Å²) in [4.78, 5) is 22.9. The fourth-order valence-electron chi connectivity index (χ4n) is 2.37. The Morgan fingerprint density at radius 2 is 1.82 bits per heavy atom. The number of carbonyl (C=O) groups excluding carboxylic acids is 1. The van der Waals surface area contributed by atoms with Crippen molar-refractivity contribution in [3.05, 3.63) is 0 Å². The summed E-state index contributed by atoms with van der Waals surface area (Å²) in [6, 6.07) is -0.266. The molecule has 0 saturated heterocycles. The Morgan fingerprint density at radius 1 is 1.29 bits per heavy atom. The number of carboxylic acid groups (broad SMARTS) is 1. The maximum Gasteiger partial charge on any atom is 0.305 e. The fraction of sp³-hybridized carbons (Fsp3) is 0.846. The molecule has 1 fully saturated rings. The van der Waals surface area contributed by atoms with Crippen LogP contribution in [0.2, 0.25) is 0 Å². The van der Waals surface area contributed by atoms with Gasteiger partial charge in [0.2, 0.25) is 5.91 Å². The molecule has 98 valence electrons. The van der Waals surface area contributed by atoms with Gasteiger partial charge in [-0.3, -0.25) is 9.59 Å². The van der Waals surface area contributed by atoms with Crippen molar-refractivity contribution < 1.29 is 14.7 Å². The quantitative estimate of drug-likeness (QED) is 0.775. The van der Waals surface area contributed by atoms with Crippen molar-refractivity contribution in [1.82, 2.24) is 5.32 Å². The summed E-state index contributed by atoms with van der Waals surface area (Å²) < 4.78 is 0. The maximum absolute atomic E-state index is 12.2. The normalized spacial score (nSPS) is 20.2. The number of aliphatic carboxylic acids is 1. The van der Waals surface area contributed by atoms with Crippen LogP contribution in [0.4, 0.5) is 0 Å². The summed E-state index contributed by atoms with van der Waals surface area (Å²) in [6.07, 6.45) is 4.01. The van der Waals surface area contributed by atoms with E-state index in [2.05, 4.69) is 5.32 Å². The van der Waals surface area contributed by atoms with Gasteiger partial charge in [0.1, 0.15) is 0 Å². The highest BCUT2D eigenvalue weighted by Crippen LogP contribution is 2.37. The van der Waals surface area contributed by atoms with Crippen molar-refractivity contribution in [1.29, 1.82) is 0 Å². The maximum atomic E-state index is 12.2. The zero-order valence-corrected chi connectivity index (χ0v) is 11.0. The molecule has 0 heterocycles. The van der Waals surface area contributed by atoms with Crippen molar-refractivity contribution in [2.24, 2.45) is 11.3 Å². The first kappa shape index (κ1) is 14.0. The summed E-state index contributed by atoms with van der Waals surface area (Å²) in [5, 5.41) is 11.7. The zero-order chi connectivity index (χ0) is 13.1. The largest absolute Gasteiger partial charge is 0.481 e. The Hall–Kier alpha value is -1.06. The Morgan fingerprint density at radius 3 is 2.24 bits per heavy atom. The van der Waals surface area contributed by atoms with Crippen molar-refractivity contribution in [3.63, 3.8) is 0 Å². The van der Waals surface area contributed by atoms with Gasteiger partial charge in [-0.15, -0.1) is 0 Å². The number of hydrogen-bond donors (Lipinski definition) is 2. The van der Waals surface area contributed by atoms with Crippen LogP contribution in [0.1, 0.15) is 52.9 Å². The van der Waals surface area contributed by atoms with Crippen LogP contribution in [-0.4, -0.2) is 23.0 Å². The number of hydrogen-bond acceptors (Lipinski definition) is 2. The van der Waals surface area contributed by atoms with Gasteiger partial charge in [-0.1, -0.05) is 33.6 Å². The molecule has 0 aliphatic heterocycles. The van der Waals surface area contributed by atoms with E-state index in [4.69, 9.17) is 5.11 Å². The van der Waals surface area contributed by atoms with E-state index in [1.807, 2.05) is 20.8 Å². The number of rotatable bonds is 5. The van der Waals surface area contributed by atoms with Gasteiger partial charge in [0.15, 0.2) is 0 Å². The molecule has 0 aromatic carbocycles. The van der Waals surface area contributed by atoms with Crippen LogP contribution in [-0.2, 0) is 9.59 Å². The minimum absolute atomic E-state index is 0.000509. The summed E-state index contributed by atoms with van der Waals surface area (Å²) in [7, 11) is 0. The molecule has 1 atom stereocenters. The second-order valence-corrected chi connectivity index (χ2v) is 5.69. The van der Waals surface area contributed by atoms with Gasteiger partial charge in [0.25, 0.3) is 0 Å². The van der Waals surface area contributed by atoms with Gasteiger partial charge in [-0.25, -0.2) is 0 Å². The Kier molecular flexibility index (Phi) is 4.54. The van der Waals surface area contributed by atoms with Gasteiger partial charge in [-0.2, -0.15) is 0 Å². The SMILES string of the molecule is CC(C)C(CC(=O)O)NC(=O)C1(C)CCCC1. The molecular weight excluding hydrogens is 218 g/mol. The summed E-state index contributed by atoms with van der Waals surface area (Å²) in [6.45, 7) is 5.85. The van der Waals surface area contributed by atoms with E-state index in [0.29, 0.717) is 0 Å². The van der Waals surface area contributed by atoms with E-state index in [-0.39, 0.29) is 29.7 Å². The van der Waals surface area contributed by atoms with Gasteiger partial charge < -0.3 is 10.4 Å². The summed E-state index contributed by atoms with van der Waals surface area (Å²) >= 11 is 0. The number of nitrogens with one attached hydrogen (secondary N) is 1. The van der Waals surface area contributed by atoms with E-state index in [9.17, 15) is 9.59 Å². The topological polar surface area (TPSA) is 66.4 Å². The monoisotopic (exact) mass is 241 g/mol. The molecule has 1 rings (SSSR count). The van der Waals surface area contributed by atoms with Gasteiger partial charge in [0, 0.05) is 11.5 Å². The first-order chi connectivity index (χ1) is 7.85. The lowest BCUT2D eigenvalue weighted by molar-refractivity contribution is -0.138. The Balaban J connectivity index is 2.60. The van der Waals surface area contributed by atoms with Crippen LogP contribution >= 0.6 is 0 Å². The van der Waals surface area contributed by atoms with Crippen molar-refractivity contribution in [2.45, 2.75) is 58.9 Å². The van der Waals surface area contributed by atoms with E-state index >= 15 is 0 Å². The van der Waals surface area contributed by atoms with Gasteiger partial charge >= 0.3 is 5.97 Å². The highest BCUT2D eigenvalue weighted by molar-refractivity contribution is 5.83. The second-order valence-electron chi connectivity index (χ2n) is 5.69. The zero-order valence-electron chi connectivity index (χ0n) is 11.0. The molecule has 0 spiro atoms. The molecule has 0 aromatic heterocycles. The average molecular weight is 241 g/mol. The third-order valence-corrected chi connectivity index (χ3v) is 3.77. The fourth-order valence-corrected chi connectivity index (χ4v) is 2.37. The predicted molar refractivity (Wildman–Crippen MR) is 65.6 cm³/mol. The first-order valence-electron chi connectivity index (χ1n) is 6.38. The third kappa shape index (κ3) is 3.72. The van der Waals surface area contributed by atoms with Crippen LogP contribution in [0.5, 0.6) is 0 Å². The third-order valence-electron chi connectivity index (χ3n) is 3.77. The molecule has 1 amide bonds. The molecule has 1 unspecified atom stereocenters. The summed E-state index contributed by atoms with van der Waals surface area (Å²) in [5.74, 6) is -0.699. The molecular formula is C13H23NO3. The molecule has 1 aliphatic carbocycles. The molecule has 1 saturated carbocycles. The van der Waals surface area contributed by atoms with Crippen molar-refractivity contribution in [2.75, 3.05) is 0 Å². The molecule has 17 heavy (non-hydrogen) atoms. The van der Waals surface area contributed by atoms with Crippen LogP contribution in [0.3, 0.4) is 0 Å². The van der Waals surface area contributed by atoms with Crippen molar-refractivity contribution in [3.8, 4) is 0 Å². The predicted octanol–water partition coefficient (Wildman–Crippen LogP) is 2.18. The molecule has 0 bridgehead atoms. The highest BCUT2D eigenvalue weighted by atomic mass is 16.4. The first-order valence-corrected chi connectivity index (χ1v) is 6.38. The van der Waals surface area contributed by atoms with E-state index in [1.165, 1.54) is 0 Å². The molecule has 4 heteroatoms. The average Bonchev–Trinajstić information content (AvgIpc) is 2.64. The van der Waals surface area contributed by atoms with Crippen LogP contribution < -0.4 is 5.32 Å². The lowest BCUT2D eigenvalue weighted by atomic mass is 9.87. The number of carboxylic acids is 1. The minimum atomic E-state index is -0.861. The van der Waals surface area contributed by atoms with Crippen LogP contribution in [0.15, 0.2) is 0 Å². The lowest BCUT2D eigenvalue weighted by Gasteiger charge is -2.28. The Bertz CT molecular complexity index is 293. The standard InChI is InChI=1S/C13H23NO3/c1-9(2)10(8-11(15)16)14-12(17)13(3)6-4-5-7-13/h9-10H,4-8H2,1-3H3,(H,14,17)(H,15,16). The molecule has 4 nitrogen and oxygen atoms in total. The van der Waals surface area contributed by atoms with Gasteiger partial charge in [0.05, 0.1) is 6.42 Å². The molecule has 0 radical (unpaired) electrons. The van der Waals surface area contributed by atoms with Crippen LogP contribution in [0, 0.1) is 11.3 Å². The van der Waals surface area contributed by atoms with E-state index < -0.39 is 5.97 Å². The van der Waals surface area contributed by atoms with Crippen molar-refractivity contribution >= 4 is 11.9 Å². The lowest BCUT2D eigenvalue weighted by Crippen LogP contribution is -2.46. The second kappa shape index (κ2) is 5.52. The number of carbonyl (C=O) groups is 2. The van der Waals surface area contributed by atoms with Crippen LogP contribution in [0.25, 0.3) is 0 Å². The minimum Gasteiger partial charge on any atom is -0.481 e. The summed E-state index contributed by atoms with van der Waals surface area (Å²) in [5.41, 5.74) is -0.286. The van der Waals surface area contributed by atoms with E-state index in [0.717, 1.165) is 25.7 Å². The van der Waals surface area contributed by atoms with E-state index in [1.54, 1.807) is 0 Å². The molecule has 0 aromatic rings. The highest BCUT2D eigenvalue weighted by Gasteiger charge is 2.37. The smallest absolute Gasteiger partial charge is 0.305 e.